The summed E-state index contributed by atoms with van der Waals surface area (Å²) in [7, 11) is 1.96. The molecule has 0 bridgehead atoms. The van der Waals surface area contributed by atoms with Gasteiger partial charge in [-0.1, -0.05) is 53.9 Å². The molecule has 3 N–H and O–H groups in total. The van der Waals surface area contributed by atoms with E-state index in [4.69, 9.17) is 0 Å². The van der Waals surface area contributed by atoms with Gasteiger partial charge in [-0.15, -0.1) is 11.3 Å². The Hall–Kier alpha value is -2.04. The summed E-state index contributed by atoms with van der Waals surface area (Å²) >= 11 is 1.11. The predicted molar refractivity (Wildman–Crippen MR) is 146 cm³/mol. The third-order valence-corrected chi connectivity index (χ3v) is 8.51. The Balaban J connectivity index is 2.31. The molecule has 1 aliphatic rings. The molecule has 9 nitrogen and oxygen atoms in total. The molecular formula is C27H46N4O5S. The maximum absolute atomic E-state index is 14.2. The van der Waals surface area contributed by atoms with Crippen molar-refractivity contribution in [2.24, 2.45) is 11.8 Å². The molecule has 0 radical (unpaired) electrons. The molecule has 0 spiro atoms. The van der Waals surface area contributed by atoms with E-state index in [0.717, 1.165) is 56.4 Å². The van der Waals surface area contributed by atoms with Crippen LogP contribution in [0.5, 0.6) is 0 Å². The van der Waals surface area contributed by atoms with Gasteiger partial charge >= 0.3 is 5.97 Å². The molecule has 0 saturated carbocycles. The largest absolute Gasteiger partial charge is 0.476 e. The molecule has 10 heteroatoms. The number of carboxylic acid groups (broad SMARTS) is 1. The highest BCUT2D eigenvalue weighted by molar-refractivity contribution is 7.09. The van der Waals surface area contributed by atoms with Crippen LogP contribution in [0.15, 0.2) is 5.38 Å². The lowest BCUT2D eigenvalue weighted by Crippen LogP contribution is -2.59. The number of hydrogen-bond donors (Lipinski definition) is 3. The zero-order valence-electron chi connectivity index (χ0n) is 23.3. The second-order valence-electron chi connectivity index (χ2n) is 10.5. The van der Waals surface area contributed by atoms with Crippen molar-refractivity contribution < 1.29 is 24.6 Å². The maximum atomic E-state index is 14.2. The fraction of sp³-hybridized carbons (Fsp3) is 0.778. The van der Waals surface area contributed by atoms with Gasteiger partial charge in [0.05, 0.1) is 6.04 Å². The van der Waals surface area contributed by atoms with E-state index in [-0.39, 0.29) is 47.8 Å². The van der Waals surface area contributed by atoms with Gasteiger partial charge in [0.2, 0.25) is 11.8 Å². The molecule has 0 aliphatic carbocycles. The van der Waals surface area contributed by atoms with Crippen molar-refractivity contribution >= 4 is 29.1 Å². The fourth-order valence-electron chi connectivity index (χ4n) is 5.28. The molecule has 0 unspecified atom stereocenters. The molecule has 2 heterocycles. The second kappa shape index (κ2) is 14.8. The molecular weight excluding hydrogens is 492 g/mol. The molecule has 37 heavy (non-hydrogen) atoms. The van der Waals surface area contributed by atoms with Crippen molar-refractivity contribution in [2.45, 2.75) is 104 Å². The van der Waals surface area contributed by atoms with E-state index in [1.165, 1.54) is 5.38 Å². The van der Waals surface area contributed by atoms with Crippen LogP contribution in [0.4, 0.5) is 0 Å². The monoisotopic (exact) mass is 538 g/mol. The van der Waals surface area contributed by atoms with Crippen molar-refractivity contribution in [3.63, 3.8) is 0 Å². The number of nitrogens with one attached hydrogen (secondary N) is 1. The number of carboxylic acids is 1. The zero-order chi connectivity index (χ0) is 27.7. The summed E-state index contributed by atoms with van der Waals surface area (Å²) in [4.78, 5) is 46.7. The van der Waals surface area contributed by atoms with Crippen molar-refractivity contribution in [3.05, 3.63) is 16.1 Å². The summed E-state index contributed by atoms with van der Waals surface area (Å²) in [5, 5.41) is 25.0. The Morgan fingerprint density at radius 1 is 1.22 bits per heavy atom. The Morgan fingerprint density at radius 2 is 1.89 bits per heavy atom. The summed E-state index contributed by atoms with van der Waals surface area (Å²) in [6, 6.07) is -1.17. The van der Waals surface area contributed by atoms with E-state index >= 15 is 0 Å². The molecule has 2 rings (SSSR count). The summed E-state index contributed by atoms with van der Waals surface area (Å²) in [5.41, 5.74) is -0.0918. The minimum absolute atomic E-state index is 0.000439. The van der Waals surface area contributed by atoms with E-state index in [0.29, 0.717) is 11.6 Å². The van der Waals surface area contributed by atoms with Gasteiger partial charge in [0, 0.05) is 24.4 Å². The molecule has 0 aromatic carbocycles. The first-order chi connectivity index (χ1) is 17.5. The molecule has 1 aromatic heterocycles. The lowest BCUT2D eigenvalue weighted by Gasteiger charge is -2.40. The highest BCUT2D eigenvalue weighted by Gasteiger charge is 2.38. The van der Waals surface area contributed by atoms with E-state index in [2.05, 4.69) is 15.2 Å². The first kappa shape index (κ1) is 31.2. The van der Waals surface area contributed by atoms with Crippen LogP contribution < -0.4 is 5.32 Å². The molecule has 1 aliphatic heterocycles. The summed E-state index contributed by atoms with van der Waals surface area (Å²) in [6.45, 7) is 11.5. The first-order valence-corrected chi connectivity index (χ1v) is 14.6. The average Bonchev–Trinajstić information content (AvgIpc) is 3.37. The van der Waals surface area contributed by atoms with E-state index in [9.17, 15) is 24.6 Å². The SMILES string of the molecule is CCCN(C(=O)[C@@H](NC(=O)[C@H]1CCCCN1C)C(CC)CC)[C@H](C[C@@H](O)c1nc(C(=O)O)cs1)C(C)C. The number of rotatable bonds is 14. The van der Waals surface area contributed by atoms with Crippen molar-refractivity contribution in [1.29, 1.82) is 0 Å². The van der Waals surface area contributed by atoms with Crippen LogP contribution in [-0.4, -0.2) is 81.0 Å². The number of aromatic nitrogens is 1. The number of aliphatic hydroxyl groups is 1. The van der Waals surface area contributed by atoms with Crippen LogP contribution in [0.25, 0.3) is 0 Å². The number of aliphatic hydroxyl groups excluding tert-OH is 1. The topological polar surface area (TPSA) is 123 Å². The van der Waals surface area contributed by atoms with Crippen LogP contribution in [0.3, 0.4) is 0 Å². The Labute approximate surface area is 225 Å². The van der Waals surface area contributed by atoms with Crippen LogP contribution >= 0.6 is 11.3 Å². The van der Waals surface area contributed by atoms with Crippen LogP contribution in [-0.2, 0) is 9.59 Å². The quantitative estimate of drug-likeness (QED) is 0.328. The number of carbonyl (C=O) groups excluding carboxylic acids is 2. The third kappa shape index (κ3) is 8.22. The van der Waals surface area contributed by atoms with Gasteiger partial charge in [0.1, 0.15) is 17.2 Å². The first-order valence-electron chi connectivity index (χ1n) is 13.7. The van der Waals surface area contributed by atoms with E-state index in [1.54, 1.807) is 0 Å². The van der Waals surface area contributed by atoms with Gasteiger partial charge < -0.3 is 20.4 Å². The summed E-state index contributed by atoms with van der Waals surface area (Å²) < 4.78 is 0. The van der Waals surface area contributed by atoms with Gasteiger partial charge in [-0.3, -0.25) is 14.5 Å². The predicted octanol–water partition coefficient (Wildman–Crippen LogP) is 3.93. The Morgan fingerprint density at radius 3 is 2.41 bits per heavy atom. The fourth-order valence-corrected chi connectivity index (χ4v) is 6.07. The number of likely N-dealkylation sites (tertiary alicyclic amines) is 1. The molecule has 2 amide bonds. The number of thiazole rings is 1. The van der Waals surface area contributed by atoms with E-state index in [1.807, 2.05) is 46.6 Å². The van der Waals surface area contributed by atoms with Crippen molar-refractivity contribution in [3.8, 4) is 0 Å². The van der Waals surface area contributed by atoms with Crippen molar-refractivity contribution in [2.75, 3.05) is 20.1 Å². The van der Waals surface area contributed by atoms with Crippen LogP contribution in [0.2, 0.25) is 0 Å². The smallest absolute Gasteiger partial charge is 0.355 e. The van der Waals surface area contributed by atoms with Gasteiger partial charge in [-0.05, 0) is 44.7 Å². The maximum Gasteiger partial charge on any atom is 0.355 e. The summed E-state index contributed by atoms with van der Waals surface area (Å²) in [6.07, 6.45) is 4.38. The van der Waals surface area contributed by atoms with Gasteiger partial charge in [-0.2, -0.15) is 0 Å². The second-order valence-corrected chi connectivity index (χ2v) is 11.4. The number of amides is 2. The molecule has 4 atom stereocenters. The number of aromatic carboxylic acids is 1. The normalized spacial score (nSPS) is 19.0. The molecule has 210 valence electrons. The summed E-state index contributed by atoms with van der Waals surface area (Å²) in [5.74, 6) is -1.30. The molecule has 1 fully saturated rings. The number of carbonyl (C=O) groups is 3. The lowest BCUT2D eigenvalue weighted by atomic mass is 9.89. The number of piperidine rings is 1. The lowest BCUT2D eigenvalue weighted by molar-refractivity contribution is -0.143. The van der Waals surface area contributed by atoms with Crippen LogP contribution in [0, 0.1) is 11.8 Å². The number of nitrogens with zero attached hydrogens (tertiary/aromatic N) is 3. The Bertz CT molecular complexity index is 888. The van der Waals surface area contributed by atoms with Gasteiger partial charge in [0.15, 0.2) is 5.69 Å². The minimum Gasteiger partial charge on any atom is -0.476 e. The standard InChI is InChI=1S/C27H46N4O5S/c1-7-13-31(21(17(4)5)15-22(32)25-28-19(16-37-25)27(35)36)26(34)23(18(8-2)9-3)29-24(33)20-12-10-11-14-30(20)6/h16-18,20-23,32H,7-15H2,1-6H3,(H,29,33)(H,35,36)/t20-,21-,22-,23+/m1/s1. The zero-order valence-corrected chi connectivity index (χ0v) is 24.1. The van der Waals surface area contributed by atoms with Crippen LogP contribution in [0.1, 0.15) is 101 Å². The van der Waals surface area contributed by atoms with E-state index < -0.39 is 18.1 Å². The minimum atomic E-state index is -1.13. The number of likely N-dealkylation sites (N-methyl/N-ethyl adjacent to an activating group) is 1. The number of hydrogen-bond acceptors (Lipinski definition) is 7. The molecule has 1 aromatic rings. The highest BCUT2D eigenvalue weighted by Crippen LogP contribution is 2.29. The molecule has 1 saturated heterocycles. The third-order valence-electron chi connectivity index (χ3n) is 7.57. The van der Waals surface area contributed by atoms with Gasteiger partial charge in [-0.25, -0.2) is 9.78 Å². The average molecular weight is 539 g/mol. The van der Waals surface area contributed by atoms with Gasteiger partial charge in [0.25, 0.3) is 0 Å². The Kier molecular flexibility index (Phi) is 12.5. The van der Waals surface area contributed by atoms with Crippen molar-refractivity contribution in [1.82, 2.24) is 20.1 Å². The highest BCUT2D eigenvalue weighted by atomic mass is 32.1.